The van der Waals surface area contributed by atoms with Gasteiger partial charge in [-0.1, -0.05) is 0 Å². The van der Waals surface area contributed by atoms with E-state index in [1.807, 2.05) is 53.4 Å². The molecule has 2 aromatic carbocycles. The number of pyridine rings is 1. The third-order valence-corrected chi connectivity index (χ3v) is 7.02. The van der Waals surface area contributed by atoms with Crippen LogP contribution in [-0.4, -0.2) is 56.2 Å². The Morgan fingerprint density at radius 1 is 0.969 bits per heavy atom. The number of carbonyl (C=O) groups is 1. The molecule has 3 heterocycles. The molecule has 0 bridgehead atoms. The lowest BCUT2D eigenvalue weighted by atomic mass is 10.1. The predicted octanol–water partition coefficient (Wildman–Crippen LogP) is 4.01. The zero-order chi connectivity index (χ0) is 22.2. The largest absolute Gasteiger partial charge is 0.497 e. The molecular formula is C24H24N4O3S. The van der Waals surface area contributed by atoms with Crippen molar-refractivity contribution >= 4 is 49.7 Å². The lowest BCUT2D eigenvalue weighted by Crippen LogP contribution is -2.48. The first-order valence-corrected chi connectivity index (χ1v) is 11.2. The number of piperazine rings is 1. The second-order valence-corrected chi connectivity index (χ2v) is 8.72. The average molecular weight is 449 g/mol. The molecule has 8 heteroatoms. The Bertz CT molecular complexity index is 1290. The van der Waals surface area contributed by atoms with E-state index in [4.69, 9.17) is 20.2 Å². The minimum atomic E-state index is -0.0264. The molecule has 0 saturated carbocycles. The number of thiophene rings is 1. The van der Waals surface area contributed by atoms with Crippen LogP contribution in [0.1, 0.15) is 9.67 Å². The molecule has 1 aliphatic rings. The molecule has 4 aromatic rings. The van der Waals surface area contributed by atoms with Gasteiger partial charge in [-0.25, -0.2) is 4.98 Å². The van der Waals surface area contributed by atoms with Gasteiger partial charge in [0.1, 0.15) is 21.2 Å². The van der Waals surface area contributed by atoms with Crippen molar-refractivity contribution in [2.24, 2.45) is 0 Å². The Morgan fingerprint density at radius 2 is 1.66 bits per heavy atom. The molecular weight excluding hydrogens is 424 g/mol. The predicted molar refractivity (Wildman–Crippen MR) is 129 cm³/mol. The minimum Gasteiger partial charge on any atom is -0.497 e. The number of aromatic nitrogens is 1. The molecule has 1 amide bonds. The van der Waals surface area contributed by atoms with Gasteiger partial charge in [0, 0.05) is 42.6 Å². The number of fused-ring (bicyclic) bond motifs is 2. The van der Waals surface area contributed by atoms with E-state index in [2.05, 4.69) is 4.90 Å². The fourth-order valence-electron chi connectivity index (χ4n) is 4.07. The van der Waals surface area contributed by atoms with E-state index < -0.39 is 0 Å². The van der Waals surface area contributed by atoms with E-state index in [1.165, 1.54) is 11.3 Å². The molecule has 164 valence electrons. The SMILES string of the molecule is COc1ccc(N2CCN(C(=O)c3sc4nc5ccc(OC)cc5cc4c3N)CC2)cc1. The number of benzene rings is 2. The van der Waals surface area contributed by atoms with Gasteiger partial charge in [0.15, 0.2) is 0 Å². The first-order chi connectivity index (χ1) is 15.6. The van der Waals surface area contributed by atoms with E-state index in [1.54, 1.807) is 14.2 Å². The monoisotopic (exact) mass is 448 g/mol. The maximum atomic E-state index is 13.3. The maximum absolute atomic E-state index is 13.3. The number of rotatable bonds is 4. The summed E-state index contributed by atoms with van der Waals surface area (Å²) in [5, 5.41) is 1.75. The molecule has 1 fully saturated rings. The Labute approximate surface area is 190 Å². The van der Waals surface area contributed by atoms with E-state index in [0.29, 0.717) is 23.7 Å². The molecule has 2 N–H and O–H groups in total. The Morgan fingerprint density at radius 3 is 2.34 bits per heavy atom. The van der Waals surface area contributed by atoms with Crippen molar-refractivity contribution in [1.29, 1.82) is 0 Å². The summed E-state index contributed by atoms with van der Waals surface area (Å²) in [6.45, 7) is 2.83. The molecule has 7 nitrogen and oxygen atoms in total. The van der Waals surface area contributed by atoms with Crippen molar-refractivity contribution in [3.8, 4) is 11.5 Å². The number of nitrogen functional groups attached to an aromatic ring is 1. The molecule has 0 radical (unpaired) electrons. The highest BCUT2D eigenvalue weighted by atomic mass is 32.1. The van der Waals surface area contributed by atoms with Crippen LogP contribution in [-0.2, 0) is 0 Å². The molecule has 5 rings (SSSR count). The summed E-state index contributed by atoms with van der Waals surface area (Å²) in [5.41, 5.74) is 8.91. The van der Waals surface area contributed by atoms with Crippen molar-refractivity contribution in [2.45, 2.75) is 0 Å². The fourth-order valence-corrected chi connectivity index (χ4v) is 5.12. The zero-order valence-electron chi connectivity index (χ0n) is 18.0. The standard InChI is InChI=1S/C24H24N4O3S/c1-30-17-5-3-16(4-6-17)27-9-11-28(12-10-27)24(29)22-21(25)19-14-15-13-18(31-2)7-8-20(15)26-23(19)32-22/h3-8,13-14H,9-12,25H2,1-2H3. The highest BCUT2D eigenvalue weighted by molar-refractivity contribution is 7.21. The van der Waals surface area contributed by atoms with Crippen molar-refractivity contribution in [3.05, 3.63) is 53.4 Å². The van der Waals surface area contributed by atoms with Gasteiger partial charge >= 0.3 is 0 Å². The Kier molecular flexibility index (Phi) is 5.22. The van der Waals surface area contributed by atoms with Gasteiger partial charge in [0.25, 0.3) is 5.91 Å². The highest BCUT2D eigenvalue weighted by Crippen LogP contribution is 2.36. The number of methoxy groups -OCH3 is 2. The maximum Gasteiger partial charge on any atom is 0.266 e. The van der Waals surface area contributed by atoms with Crippen LogP contribution in [0, 0.1) is 0 Å². The molecule has 0 unspecified atom stereocenters. The number of carbonyl (C=O) groups excluding carboxylic acids is 1. The van der Waals surface area contributed by atoms with Crippen LogP contribution in [0.15, 0.2) is 48.5 Å². The molecule has 0 atom stereocenters. The Balaban J connectivity index is 1.36. The van der Waals surface area contributed by atoms with E-state index >= 15 is 0 Å². The van der Waals surface area contributed by atoms with Crippen LogP contribution in [0.25, 0.3) is 21.1 Å². The summed E-state index contributed by atoms with van der Waals surface area (Å²) in [6, 6.07) is 15.7. The summed E-state index contributed by atoms with van der Waals surface area (Å²) in [4.78, 5) is 23.5. The number of anilines is 2. The molecule has 1 aliphatic heterocycles. The smallest absolute Gasteiger partial charge is 0.266 e. The van der Waals surface area contributed by atoms with Gasteiger partial charge in [-0.05, 0) is 48.5 Å². The second kappa shape index (κ2) is 8.20. The third kappa shape index (κ3) is 3.56. The Hall–Kier alpha value is -3.52. The molecule has 0 aliphatic carbocycles. The topological polar surface area (TPSA) is 80.9 Å². The van der Waals surface area contributed by atoms with Crippen LogP contribution in [0.2, 0.25) is 0 Å². The van der Waals surface area contributed by atoms with Crippen LogP contribution in [0.5, 0.6) is 11.5 Å². The number of amides is 1. The summed E-state index contributed by atoms with van der Waals surface area (Å²) in [5.74, 6) is 1.57. The summed E-state index contributed by atoms with van der Waals surface area (Å²) in [7, 11) is 3.30. The fraction of sp³-hybridized carbons (Fsp3) is 0.250. The van der Waals surface area contributed by atoms with Gasteiger partial charge in [0.05, 0.1) is 25.4 Å². The van der Waals surface area contributed by atoms with Crippen molar-refractivity contribution in [3.63, 3.8) is 0 Å². The third-order valence-electron chi connectivity index (χ3n) is 5.92. The van der Waals surface area contributed by atoms with Crippen LogP contribution in [0.4, 0.5) is 11.4 Å². The first-order valence-electron chi connectivity index (χ1n) is 10.4. The van der Waals surface area contributed by atoms with Crippen LogP contribution < -0.4 is 20.1 Å². The van der Waals surface area contributed by atoms with Crippen molar-refractivity contribution in [2.75, 3.05) is 51.0 Å². The summed E-state index contributed by atoms with van der Waals surface area (Å²) in [6.07, 6.45) is 0. The zero-order valence-corrected chi connectivity index (χ0v) is 18.8. The molecule has 2 aromatic heterocycles. The highest BCUT2D eigenvalue weighted by Gasteiger charge is 2.26. The molecule has 1 saturated heterocycles. The van der Waals surface area contributed by atoms with E-state index in [0.717, 1.165) is 51.4 Å². The van der Waals surface area contributed by atoms with Crippen molar-refractivity contribution in [1.82, 2.24) is 9.88 Å². The van der Waals surface area contributed by atoms with Crippen LogP contribution >= 0.6 is 11.3 Å². The lowest BCUT2D eigenvalue weighted by molar-refractivity contribution is 0.0752. The van der Waals surface area contributed by atoms with Gasteiger partial charge < -0.3 is 25.0 Å². The number of ether oxygens (including phenoxy) is 2. The quantitative estimate of drug-likeness (QED) is 0.508. The second-order valence-electron chi connectivity index (χ2n) is 7.72. The lowest BCUT2D eigenvalue weighted by Gasteiger charge is -2.36. The minimum absolute atomic E-state index is 0.0264. The number of hydrogen-bond donors (Lipinski definition) is 1. The number of nitrogens with two attached hydrogens (primary N) is 1. The van der Waals surface area contributed by atoms with E-state index in [-0.39, 0.29) is 5.91 Å². The molecule has 0 spiro atoms. The van der Waals surface area contributed by atoms with Gasteiger partial charge in [-0.15, -0.1) is 11.3 Å². The van der Waals surface area contributed by atoms with Gasteiger partial charge in [-0.3, -0.25) is 4.79 Å². The summed E-state index contributed by atoms with van der Waals surface area (Å²) >= 11 is 1.37. The molecule has 32 heavy (non-hydrogen) atoms. The number of hydrogen-bond acceptors (Lipinski definition) is 7. The summed E-state index contributed by atoms with van der Waals surface area (Å²) < 4.78 is 10.5. The van der Waals surface area contributed by atoms with E-state index in [9.17, 15) is 4.79 Å². The first kappa shape index (κ1) is 20.4. The van der Waals surface area contributed by atoms with Crippen molar-refractivity contribution < 1.29 is 14.3 Å². The normalized spacial score (nSPS) is 14.2. The van der Waals surface area contributed by atoms with Gasteiger partial charge in [-0.2, -0.15) is 0 Å². The number of nitrogens with zero attached hydrogens (tertiary/aromatic N) is 3. The average Bonchev–Trinajstić information content (AvgIpc) is 3.17. The van der Waals surface area contributed by atoms with Gasteiger partial charge in [0.2, 0.25) is 0 Å². The van der Waals surface area contributed by atoms with Crippen LogP contribution in [0.3, 0.4) is 0 Å².